The zero-order chi connectivity index (χ0) is 13.8. The summed E-state index contributed by atoms with van der Waals surface area (Å²) < 4.78 is 0. The van der Waals surface area contributed by atoms with Crippen molar-refractivity contribution in [3.8, 4) is 0 Å². The summed E-state index contributed by atoms with van der Waals surface area (Å²) in [4.78, 5) is 5.05. The van der Waals surface area contributed by atoms with Crippen molar-refractivity contribution in [2.75, 3.05) is 33.7 Å². The van der Waals surface area contributed by atoms with Crippen molar-refractivity contribution in [3.63, 3.8) is 0 Å². The van der Waals surface area contributed by atoms with Gasteiger partial charge in [0.05, 0.1) is 0 Å². The molecule has 2 N–H and O–H groups in total. The van der Waals surface area contributed by atoms with Crippen LogP contribution in [0.2, 0.25) is 0 Å². The number of likely N-dealkylation sites (tertiary alicyclic amines) is 1. The molecule has 0 aromatic rings. The third-order valence-electron chi connectivity index (χ3n) is 4.94. The first-order chi connectivity index (χ1) is 8.50. The topological polar surface area (TPSA) is 32.5 Å². The van der Waals surface area contributed by atoms with Crippen LogP contribution >= 0.6 is 0 Å². The fraction of sp³-hybridized carbons (Fsp3) is 1.00. The van der Waals surface area contributed by atoms with Crippen LogP contribution < -0.4 is 5.73 Å². The Morgan fingerprint density at radius 2 is 1.94 bits per heavy atom. The van der Waals surface area contributed by atoms with E-state index in [0.717, 1.165) is 12.5 Å². The van der Waals surface area contributed by atoms with E-state index in [4.69, 9.17) is 5.73 Å². The number of nitrogens with two attached hydrogens (primary N) is 1. The van der Waals surface area contributed by atoms with E-state index in [1.807, 2.05) is 0 Å². The van der Waals surface area contributed by atoms with Gasteiger partial charge in [0.1, 0.15) is 0 Å². The van der Waals surface area contributed by atoms with Crippen LogP contribution in [0.1, 0.15) is 46.5 Å². The van der Waals surface area contributed by atoms with Crippen molar-refractivity contribution in [3.05, 3.63) is 0 Å². The Hall–Kier alpha value is -0.120. The van der Waals surface area contributed by atoms with E-state index < -0.39 is 0 Å². The second kappa shape index (κ2) is 6.88. The van der Waals surface area contributed by atoms with Gasteiger partial charge in [-0.15, -0.1) is 0 Å². The molecular weight excluding hydrogens is 222 g/mol. The molecule has 3 unspecified atom stereocenters. The molecule has 0 aromatic carbocycles. The molecule has 0 saturated carbocycles. The molecule has 1 heterocycles. The first-order valence-electron chi connectivity index (χ1n) is 7.62. The molecule has 3 nitrogen and oxygen atoms in total. The summed E-state index contributed by atoms with van der Waals surface area (Å²) in [6.45, 7) is 10.1. The Balaban J connectivity index is 2.75. The summed E-state index contributed by atoms with van der Waals surface area (Å²) in [5.41, 5.74) is 6.40. The molecule has 1 aliphatic heterocycles. The molecule has 0 aliphatic carbocycles. The first-order valence-corrected chi connectivity index (χ1v) is 7.62. The summed E-state index contributed by atoms with van der Waals surface area (Å²) in [7, 11) is 4.40. The molecule has 108 valence electrons. The van der Waals surface area contributed by atoms with Gasteiger partial charge in [-0.25, -0.2) is 0 Å². The lowest BCUT2D eigenvalue weighted by atomic mass is 9.88. The predicted molar refractivity (Wildman–Crippen MR) is 79.8 cm³/mol. The Morgan fingerprint density at radius 3 is 2.33 bits per heavy atom. The third-order valence-corrected chi connectivity index (χ3v) is 4.94. The van der Waals surface area contributed by atoms with E-state index in [9.17, 15) is 0 Å². The molecule has 0 aromatic heterocycles. The largest absolute Gasteiger partial charge is 0.329 e. The standard InChI is InChI=1S/C15H33N3/c1-6-8-9-15(7-2,12-16)18-10-13(3)14(11-18)17(4)5/h13-14H,6-12,16H2,1-5H3. The van der Waals surface area contributed by atoms with Crippen molar-refractivity contribution in [1.82, 2.24) is 9.80 Å². The maximum Gasteiger partial charge on any atom is 0.0329 e. The van der Waals surface area contributed by atoms with Crippen molar-refractivity contribution < 1.29 is 0 Å². The molecular formula is C15H33N3. The van der Waals surface area contributed by atoms with Crippen molar-refractivity contribution in [1.29, 1.82) is 0 Å². The second-order valence-corrected chi connectivity index (χ2v) is 6.30. The monoisotopic (exact) mass is 255 g/mol. The van der Waals surface area contributed by atoms with Gasteiger partial charge in [0.2, 0.25) is 0 Å². The number of likely N-dealkylation sites (N-methyl/N-ethyl adjacent to an activating group) is 1. The van der Waals surface area contributed by atoms with Crippen LogP contribution in [0.15, 0.2) is 0 Å². The number of nitrogens with zero attached hydrogens (tertiary/aromatic N) is 2. The summed E-state index contributed by atoms with van der Waals surface area (Å²) >= 11 is 0. The van der Waals surface area contributed by atoms with E-state index in [1.54, 1.807) is 0 Å². The smallest absolute Gasteiger partial charge is 0.0329 e. The number of hydrogen-bond acceptors (Lipinski definition) is 3. The Bertz CT molecular complexity index is 236. The van der Waals surface area contributed by atoms with Crippen LogP contribution in [0.3, 0.4) is 0 Å². The van der Waals surface area contributed by atoms with Crippen LogP contribution in [0.25, 0.3) is 0 Å². The molecule has 1 saturated heterocycles. The molecule has 3 atom stereocenters. The quantitative estimate of drug-likeness (QED) is 0.757. The van der Waals surface area contributed by atoms with E-state index in [1.165, 1.54) is 38.8 Å². The molecule has 3 heteroatoms. The number of unbranched alkanes of at least 4 members (excludes halogenated alkanes) is 1. The Labute approximate surface area is 114 Å². The molecule has 0 spiro atoms. The van der Waals surface area contributed by atoms with Gasteiger partial charge in [-0.3, -0.25) is 4.90 Å². The summed E-state index contributed by atoms with van der Waals surface area (Å²) in [6.07, 6.45) is 4.99. The highest BCUT2D eigenvalue weighted by atomic mass is 15.3. The fourth-order valence-electron chi connectivity index (χ4n) is 3.45. The highest BCUT2D eigenvalue weighted by Crippen LogP contribution is 2.32. The normalized spacial score (nSPS) is 28.8. The van der Waals surface area contributed by atoms with Crippen LogP contribution in [-0.4, -0.2) is 55.1 Å². The third kappa shape index (κ3) is 3.25. The SMILES string of the molecule is CCCCC(CC)(CN)N1CC(C)C(N(C)C)C1. The summed E-state index contributed by atoms with van der Waals surface area (Å²) in [5, 5.41) is 0. The van der Waals surface area contributed by atoms with E-state index >= 15 is 0 Å². The van der Waals surface area contributed by atoms with Gasteiger partial charge in [0.15, 0.2) is 0 Å². The first kappa shape index (κ1) is 15.9. The summed E-state index contributed by atoms with van der Waals surface area (Å²) in [6, 6.07) is 0.684. The molecule has 0 radical (unpaired) electrons. The highest BCUT2D eigenvalue weighted by Gasteiger charge is 2.41. The lowest BCUT2D eigenvalue weighted by Gasteiger charge is -2.41. The van der Waals surface area contributed by atoms with E-state index in [-0.39, 0.29) is 5.54 Å². The molecule has 0 amide bonds. The lowest BCUT2D eigenvalue weighted by molar-refractivity contribution is 0.0962. The van der Waals surface area contributed by atoms with Crippen molar-refractivity contribution in [2.45, 2.75) is 58.0 Å². The zero-order valence-corrected chi connectivity index (χ0v) is 13.1. The zero-order valence-electron chi connectivity index (χ0n) is 13.1. The van der Waals surface area contributed by atoms with Crippen LogP contribution in [0.4, 0.5) is 0 Å². The Morgan fingerprint density at radius 1 is 1.28 bits per heavy atom. The Kier molecular flexibility index (Phi) is 6.09. The van der Waals surface area contributed by atoms with Crippen LogP contribution in [0, 0.1) is 5.92 Å². The van der Waals surface area contributed by atoms with Gasteiger partial charge in [-0.1, -0.05) is 33.6 Å². The molecule has 1 fully saturated rings. The highest BCUT2D eigenvalue weighted by molar-refractivity contribution is 4.98. The number of hydrogen-bond donors (Lipinski definition) is 1. The predicted octanol–water partition coefficient (Wildman–Crippen LogP) is 2.17. The van der Waals surface area contributed by atoms with Crippen LogP contribution in [0.5, 0.6) is 0 Å². The maximum atomic E-state index is 6.15. The summed E-state index contributed by atoms with van der Waals surface area (Å²) in [5.74, 6) is 0.749. The molecule has 0 bridgehead atoms. The van der Waals surface area contributed by atoms with Crippen molar-refractivity contribution in [2.24, 2.45) is 11.7 Å². The minimum Gasteiger partial charge on any atom is -0.329 e. The molecule has 18 heavy (non-hydrogen) atoms. The lowest BCUT2D eigenvalue weighted by Crippen LogP contribution is -2.53. The second-order valence-electron chi connectivity index (χ2n) is 6.30. The minimum atomic E-state index is 0.245. The minimum absolute atomic E-state index is 0.245. The van der Waals surface area contributed by atoms with Gasteiger partial charge in [-0.05, 0) is 32.9 Å². The molecule has 1 rings (SSSR count). The van der Waals surface area contributed by atoms with E-state index in [2.05, 4.69) is 44.7 Å². The van der Waals surface area contributed by atoms with Gasteiger partial charge in [0.25, 0.3) is 0 Å². The van der Waals surface area contributed by atoms with Crippen molar-refractivity contribution >= 4 is 0 Å². The van der Waals surface area contributed by atoms with Crippen LogP contribution in [-0.2, 0) is 0 Å². The fourth-order valence-corrected chi connectivity index (χ4v) is 3.45. The maximum absolute atomic E-state index is 6.15. The van der Waals surface area contributed by atoms with Gasteiger partial charge in [-0.2, -0.15) is 0 Å². The number of rotatable bonds is 7. The average molecular weight is 255 g/mol. The molecule has 1 aliphatic rings. The van der Waals surface area contributed by atoms with E-state index in [0.29, 0.717) is 6.04 Å². The van der Waals surface area contributed by atoms with Gasteiger partial charge in [0, 0.05) is 31.2 Å². The van der Waals surface area contributed by atoms with Gasteiger partial charge >= 0.3 is 0 Å². The average Bonchev–Trinajstić information content (AvgIpc) is 2.74. The van der Waals surface area contributed by atoms with Gasteiger partial charge < -0.3 is 10.6 Å².